The second-order valence-corrected chi connectivity index (χ2v) is 4.72. The van der Waals surface area contributed by atoms with Crippen LogP contribution in [0.5, 0.6) is 5.75 Å². The molecule has 1 aromatic rings. The number of carboxylic acid groups (broad SMARTS) is 1. The Bertz CT molecular complexity index is 486. The highest BCUT2D eigenvalue weighted by Crippen LogP contribution is 2.18. The Kier molecular flexibility index (Phi) is 4.04. The van der Waals surface area contributed by atoms with Crippen molar-refractivity contribution in [2.45, 2.75) is 13.3 Å². The molecular formula is C14H17NO4. The lowest BCUT2D eigenvalue weighted by Crippen LogP contribution is -2.33. The first-order valence-corrected chi connectivity index (χ1v) is 6.27. The maximum atomic E-state index is 11.9. The van der Waals surface area contributed by atoms with Crippen LogP contribution in [0, 0.1) is 12.8 Å². The summed E-state index contributed by atoms with van der Waals surface area (Å²) in [5.74, 6) is -0.755. The van der Waals surface area contributed by atoms with Gasteiger partial charge in [-0.05, 0) is 25.0 Å². The van der Waals surface area contributed by atoms with E-state index in [0.29, 0.717) is 18.7 Å². The van der Waals surface area contributed by atoms with Gasteiger partial charge in [0.1, 0.15) is 5.75 Å². The summed E-state index contributed by atoms with van der Waals surface area (Å²) in [4.78, 5) is 24.3. The third-order valence-corrected chi connectivity index (χ3v) is 3.33. The summed E-state index contributed by atoms with van der Waals surface area (Å²) in [5, 5.41) is 8.89. The van der Waals surface area contributed by atoms with Crippen LogP contribution in [0.1, 0.15) is 12.0 Å². The predicted molar refractivity (Wildman–Crippen MR) is 69.0 cm³/mol. The van der Waals surface area contributed by atoms with Crippen LogP contribution in [0.2, 0.25) is 0 Å². The van der Waals surface area contributed by atoms with Crippen LogP contribution in [0.3, 0.4) is 0 Å². The van der Waals surface area contributed by atoms with E-state index in [2.05, 4.69) is 0 Å². The largest absolute Gasteiger partial charge is 0.484 e. The Morgan fingerprint density at radius 1 is 1.42 bits per heavy atom. The van der Waals surface area contributed by atoms with Crippen molar-refractivity contribution >= 4 is 11.9 Å². The molecule has 5 heteroatoms. The molecule has 102 valence electrons. The zero-order valence-electron chi connectivity index (χ0n) is 10.8. The summed E-state index contributed by atoms with van der Waals surface area (Å²) in [6.45, 7) is 2.64. The average Bonchev–Trinajstić information content (AvgIpc) is 2.87. The minimum Gasteiger partial charge on any atom is -0.484 e. The molecule has 1 aliphatic heterocycles. The molecule has 0 aromatic heterocycles. The molecule has 1 unspecified atom stereocenters. The molecule has 1 aliphatic rings. The van der Waals surface area contributed by atoms with E-state index in [1.807, 2.05) is 31.2 Å². The molecule has 0 saturated carbocycles. The monoisotopic (exact) mass is 263 g/mol. The van der Waals surface area contributed by atoms with Crippen molar-refractivity contribution in [1.82, 2.24) is 4.90 Å². The molecule has 0 radical (unpaired) electrons. The summed E-state index contributed by atoms with van der Waals surface area (Å²) < 4.78 is 5.47. The lowest BCUT2D eigenvalue weighted by molar-refractivity contribution is -0.141. The van der Waals surface area contributed by atoms with Gasteiger partial charge in [0, 0.05) is 13.1 Å². The van der Waals surface area contributed by atoms with Crippen LogP contribution in [-0.2, 0) is 9.59 Å². The Balaban J connectivity index is 1.86. The van der Waals surface area contributed by atoms with E-state index >= 15 is 0 Å². The first kappa shape index (κ1) is 13.4. The minimum absolute atomic E-state index is 0.0445. The maximum Gasteiger partial charge on any atom is 0.308 e. The van der Waals surface area contributed by atoms with Gasteiger partial charge in [0.2, 0.25) is 0 Å². The number of ether oxygens (including phenoxy) is 1. The van der Waals surface area contributed by atoms with E-state index in [1.54, 1.807) is 4.90 Å². The van der Waals surface area contributed by atoms with E-state index in [4.69, 9.17) is 9.84 Å². The van der Waals surface area contributed by atoms with Crippen LogP contribution in [0.15, 0.2) is 24.3 Å². The average molecular weight is 263 g/mol. The van der Waals surface area contributed by atoms with E-state index in [-0.39, 0.29) is 19.1 Å². The summed E-state index contributed by atoms with van der Waals surface area (Å²) in [5.41, 5.74) is 0.972. The number of benzene rings is 1. The number of amides is 1. The topological polar surface area (TPSA) is 66.8 Å². The van der Waals surface area contributed by atoms with Crippen molar-refractivity contribution in [3.8, 4) is 5.75 Å². The van der Waals surface area contributed by atoms with Crippen LogP contribution in [0.25, 0.3) is 0 Å². The lowest BCUT2D eigenvalue weighted by atomic mass is 10.1. The zero-order valence-corrected chi connectivity index (χ0v) is 10.8. The van der Waals surface area contributed by atoms with Crippen LogP contribution < -0.4 is 4.74 Å². The Morgan fingerprint density at radius 2 is 2.16 bits per heavy atom. The molecule has 1 aromatic carbocycles. The third kappa shape index (κ3) is 3.24. The number of likely N-dealkylation sites (tertiary alicyclic amines) is 1. The van der Waals surface area contributed by atoms with E-state index in [0.717, 1.165) is 5.56 Å². The number of carbonyl (C=O) groups excluding carboxylic acids is 1. The van der Waals surface area contributed by atoms with Gasteiger partial charge in [-0.15, -0.1) is 0 Å². The molecule has 19 heavy (non-hydrogen) atoms. The molecule has 1 heterocycles. The first-order chi connectivity index (χ1) is 9.08. The molecule has 0 spiro atoms. The molecule has 0 bridgehead atoms. The van der Waals surface area contributed by atoms with Gasteiger partial charge in [-0.1, -0.05) is 18.2 Å². The SMILES string of the molecule is Cc1ccccc1OCC(=O)N1CCC(C(=O)O)C1. The van der Waals surface area contributed by atoms with Gasteiger partial charge in [0.25, 0.3) is 5.91 Å². The number of nitrogens with zero attached hydrogens (tertiary/aromatic N) is 1. The van der Waals surface area contributed by atoms with Crippen molar-refractivity contribution in [1.29, 1.82) is 0 Å². The van der Waals surface area contributed by atoms with Crippen molar-refractivity contribution in [2.24, 2.45) is 5.92 Å². The number of aryl methyl sites for hydroxylation is 1. The molecule has 1 atom stereocenters. The molecule has 1 fully saturated rings. The highest BCUT2D eigenvalue weighted by atomic mass is 16.5. The molecule has 1 N–H and O–H groups in total. The van der Waals surface area contributed by atoms with Gasteiger partial charge in [0.15, 0.2) is 6.61 Å². The summed E-state index contributed by atoms with van der Waals surface area (Å²) in [7, 11) is 0. The summed E-state index contributed by atoms with van der Waals surface area (Å²) in [6, 6.07) is 7.48. The van der Waals surface area contributed by atoms with Gasteiger partial charge >= 0.3 is 5.97 Å². The Hall–Kier alpha value is -2.04. The standard InChI is InChI=1S/C14H17NO4/c1-10-4-2-3-5-12(10)19-9-13(16)15-7-6-11(8-15)14(17)18/h2-5,11H,6-9H2,1H3,(H,17,18). The fourth-order valence-electron chi connectivity index (χ4n) is 2.14. The van der Waals surface area contributed by atoms with Gasteiger partial charge < -0.3 is 14.7 Å². The van der Waals surface area contributed by atoms with Gasteiger partial charge in [0.05, 0.1) is 5.92 Å². The second kappa shape index (κ2) is 5.73. The van der Waals surface area contributed by atoms with Crippen LogP contribution in [-0.4, -0.2) is 41.6 Å². The van der Waals surface area contributed by atoms with Gasteiger partial charge in [-0.3, -0.25) is 9.59 Å². The number of hydrogen-bond acceptors (Lipinski definition) is 3. The number of para-hydroxylation sites is 1. The highest BCUT2D eigenvalue weighted by molar-refractivity contribution is 5.80. The second-order valence-electron chi connectivity index (χ2n) is 4.72. The van der Waals surface area contributed by atoms with Gasteiger partial charge in [-0.25, -0.2) is 0 Å². The number of aliphatic carboxylic acids is 1. The molecule has 5 nitrogen and oxygen atoms in total. The van der Waals surface area contributed by atoms with E-state index < -0.39 is 11.9 Å². The summed E-state index contributed by atoms with van der Waals surface area (Å²) in [6.07, 6.45) is 0.519. The van der Waals surface area contributed by atoms with E-state index in [9.17, 15) is 9.59 Å². The number of hydrogen-bond donors (Lipinski definition) is 1. The van der Waals surface area contributed by atoms with E-state index in [1.165, 1.54) is 0 Å². The zero-order chi connectivity index (χ0) is 13.8. The quantitative estimate of drug-likeness (QED) is 0.889. The normalized spacial score (nSPS) is 18.4. The Morgan fingerprint density at radius 3 is 2.79 bits per heavy atom. The van der Waals surface area contributed by atoms with Crippen molar-refractivity contribution in [3.63, 3.8) is 0 Å². The van der Waals surface area contributed by atoms with Crippen LogP contribution in [0.4, 0.5) is 0 Å². The summed E-state index contributed by atoms with van der Waals surface area (Å²) >= 11 is 0. The fraction of sp³-hybridized carbons (Fsp3) is 0.429. The molecule has 2 rings (SSSR count). The molecule has 0 aliphatic carbocycles. The Labute approximate surface area is 111 Å². The number of carboxylic acids is 1. The van der Waals surface area contributed by atoms with Crippen molar-refractivity contribution < 1.29 is 19.4 Å². The van der Waals surface area contributed by atoms with Crippen molar-refractivity contribution in [3.05, 3.63) is 29.8 Å². The molecular weight excluding hydrogens is 246 g/mol. The number of rotatable bonds is 4. The number of carbonyl (C=O) groups is 2. The lowest BCUT2D eigenvalue weighted by Gasteiger charge is -2.16. The highest BCUT2D eigenvalue weighted by Gasteiger charge is 2.30. The maximum absolute atomic E-state index is 11.9. The first-order valence-electron chi connectivity index (χ1n) is 6.27. The minimum atomic E-state index is -0.838. The predicted octanol–water partition coefficient (Wildman–Crippen LogP) is 1.31. The smallest absolute Gasteiger partial charge is 0.308 e. The fourth-order valence-corrected chi connectivity index (χ4v) is 2.14. The van der Waals surface area contributed by atoms with Crippen molar-refractivity contribution in [2.75, 3.05) is 19.7 Å². The van der Waals surface area contributed by atoms with Gasteiger partial charge in [-0.2, -0.15) is 0 Å². The molecule has 1 saturated heterocycles. The third-order valence-electron chi connectivity index (χ3n) is 3.33. The van der Waals surface area contributed by atoms with Crippen LogP contribution >= 0.6 is 0 Å². The molecule has 1 amide bonds.